The molecule has 0 aliphatic carbocycles. The van der Waals surface area contributed by atoms with Crippen molar-refractivity contribution in [3.8, 4) is 0 Å². The molecule has 0 unspecified atom stereocenters. The second-order valence-corrected chi connectivity index (χ2v) is 11.2. The first-order chi connectivity index (χ1) is 23.2. The Morgan fingerprint density at radius 2 is 0.958 bits per heavy atom. The minimum absolute atomic E-state index is 0.263. The highest BCUT2D eigenvalue weighted by Crippen LogP contribution is 2.17. The lowest BCUT2D eigenvalue weighted by Crippen LogP contribution is -1.97. The zero-order valence-electron chi connectivity index (χ0n) is 26.5. The van der Waals surface area contributed by atoms with Gasteiger partial charge in [-0.1, -0.05) is 12.1 Å². The predicted octanol–water partition coefficient (Wildman–Crippen LogP) is 7.20. The topological polar surface area (TPSA) is 112 Å². The van der Waals surface area contributed by atoms with Gasteiger partial charge in [-0.05, 0) is 101 Å². The maximum Gasteiger partial charge on any atom is 0.177 e. The Kier molecular flexibility index (Phi) is 7.89. The largest absolute Gasteiger partial charge is 0.256 e. The van der Waals surface area contributed by atoms with Crippen LogP contribution < -0.4 is 0 Å². The first-order valence-corrected chi connectivity index (χ1v) is 15.1. The summed E-state index contributed by atoms with van der Waals surface area (Å²) in [6.07, 6.45) is 10.8. The van der Waals surface area contributed by atoms with Crippen LogP contribution in [0.15, 0.2) is 73.1 Å². The average molecular weight is 639 g/mol. The smallest absolute Gasteiger partial charge is 0.177 e. The molecule has 2 aromatic carbocycles. The molecule has 12 heteroatoms. The number of nitrogens with zero attached hydrogens (tertiary/aromatic N) is 10. The van der Waals surface area contributed by atoms with Crippen LogP contribution in [-0.4, -0.2) is 49.1 Å². The molecule has 0 N–H and O–H groups in total. The average Bonchev–Trinajstić information content (AvgIpc) is 3.73. The quantitative estimate of drug-likeness (QED) is 0.199. The highest BCUT2D eigenvalue weighted by atomic mass is 19.1. The number of pyridine rings is 2. The lowest BCUT2D eigenvalue weighted by atomic mass is 10.2. The summed E-state index contributed by atoms with van der Waals surface area (Å²) in [5, 5.41) is 10.5. The van der Waals surface area contributed by atoms with E-state index in [9.17, 15) is 8.78 Å². The fourth-order valence-corrected chi connectivity index (χ4v) is 5.09. The number of benzene rings is 2. The van der Waals surface area contributed by atoms with Crippen LogP contribution in [0.25, 0.3) is 57.4 Å². The molecule has 0 radical (unpaired) electrons. The van der Waals surface area contributed by atoms with Gasteiger partial charge in [0, 0.05) is 23.2 Å². The van der Waals surface area contributed by atoms with Gasteiger partial charge >= 0.3 is 0 Å². The lowest BCUT2D eigenvalue weighted by molar-refractivity contribution is 0.629. The Labute approximate surface area is 273 Å². The minimum Gasteiger partial charge on any atom is -0.256 e. The molecule has 0 aliphatic rings. The molecule has 0 bridgehead atoms. The van der Waals surface area contributed by atoms with Gasteiger partial charge in [0.15, 0.2) is 22.9 Å². The fourth-order valence-electron chi connectivity index (χ4n) is 5.09. The van der Waals surface area contributed by atoms with E-state index in [2.05, 4.69) is 40.1 Å². The van der Waals surface area contributed by atoms with Crippen LogP contribution in [-0.2, 0) is 0 Å². The normalized spacial score (nSPS) is 11.8. The first-order valence-electron chi connectivity index (χ1n) is 15.1. The Morgan fingerprint density at radius 1 is 0.521 bits per heavy atom. The van der Waals surface area contributed by atoms with Crippen LogP contribution in [0.2, 0.25) is 0 Å². The lowest BCUT2D eigenvalue weighted by Gasteiger charge is -1.98. The molecule has 0 saturated heterocycles. The van der Waals surface area contributed by atoms with Gasteiger partial charge in [-0.2, -0.15) is 0 Å². The van der Waals surface area contributed by atoms with Crippen molar-refractivity contribution >= 4 is 57.4 Å². The van der Waals surface area contributed by atoms with Crippen LogP contribution in [0.1, 0.15) is 45.8 Å². The zero-order chi connectivity index (χ0) is 33.4. The summed E-state index contributed by atoms with van der Waals surface area (Å²) in [5.74, 6) is 0.659. The third kappa shape index (κ3) is 6.23. The van der Waals surface area contributed by atoms with Crippen molar-refractivity contribution in [2.24, 2.45) is 0 Å². The highest BCUT2D eigenvalue weighted by Gasteiger charge is 2.08. The molecule has 0 saturated carbocycles. The molecule has 236 valence electrons. The highest BCUT2D eigenvalue weighted by molar-refractivity contribution is 5.81. The van der Waals surface area contributed by atoms with Gasteiger partial charge in [-0.15, -0.1) is 10.2 Å². The van der Waals surface area contributed by atoms with Gasteiger partial charge in [0.2, 0.25) is 0 Å². The second kappa shape index (κ2) is 12.5. The Morgan fingerprint density at radius 3 is 1.38 bits per heavy atom. The number of aromatic nitrogens is 10. The van der Waals surface area contributed by atoms with Crippen molar-refractivity contribution in [1.29, 1.82) is 0 Å². The summed E-state index contributed by atoms with van der Waals surface area (Å²) in [5.41, 5.74) is 8.03. The van der Waals surface area contributed by atoms with Crippen molar-refractivity contribution in [2.45, 2.75) is 27.7 Å². The van der Waals surface area contributed by atoms with E-state index in [1.54, 1.807) is 33.6 Å². The Bertz CT molecular complexity index is 2290. The van der Waals surface area contributed by atoms with Crippen LogP contribution in [0.3, 0.4) is 0 Å². The van der Waals surface area contributed by atoms with Gasteiger partial charge in [0.25, 0.3) is 0 Å². The molecule has 10 nitrogen and oxygen atoms in total. The monoisotopic (exact) mass is 638 g/mol. The van der Waals surface area contributed by atoms with Crippen molar-refractivity contribution in [3.63, 3.8) is 0 Å². The summed E-state index contributed by atoms with van der Waals surface area (Å²) >= 11 is 0. The standard InChI is InChI=1S/2C18H14FN5/c2*1-11-10-20-12(2)18-22-17(23-24(11)18)8-6-15-5-3-13-9-14(19)4-7-16(13)21-15/h2*3-10H,1-2H3. The predicted molar refractivity (Wildman–Crippen MR) is 182 cm³/mol. The van der Waals surface area contributed by atoms with Gasteiger partial charge in [0.05, 0.1) is 45.2 Å². The summed E-state index contributed by atoms with van der Waals surface area (Å²) in [6.45, 7) is 7.68. The summed E-state index contributed by atoms with van der Waals surface area (Å²) in [7, 11) is 0. The SMILES string of the molecule is Cc1ncc(C)n2nc(C=Cc3ccc4cc(F)ccc4n3)nc12.Cc1ncc(C)n2nc(C=Cc3ccc4cc(F)ccc4n3)nc12. The van der Waals surface area contributed by atoms with E-state index in [-0.39, 0.29) is 11.6 Å². The van der Waals surface area contributed by atoms with Gasteiger partial charge in [0.1, 0.15) is 11.6 Å². The number of aryl methyl sites for hydroxylation is 4. The molecular formula is C36H28F2N10. The van der Waals surface area contributed by atoms with Crippen molar-refractivity contribution in [1.82, 2.24) is 49.1 Å². The zero-order valence-corrected chi connectivity index (χ0v) is 26.5. The summed E-state index contributed by atoms with van der Waals surface area (Å²) in [6, 6.07) is 16.5. The molecule has 0 spiro atoms. The maximum atomic E-state index is 13.2. The molecular weight excluding hydrogens is 610 g/mol. The van der Waals surface area contributed by atoms with Gasteiger partial charge in [-0.25, -0.2) is 37.7 Å². The van der Waals surface area contributed by atoms with Crippen LogP contribution in [0, 0.1) is 39.3 Å². The number of hydrogen-bond donors (Lipinski definition) is 0. The maximum absolute atomic E-state index is 13.2. The number of halogens is 2. The molecule has 8 rings (SSSR count). The van der Waals surface area contributed by atoms with E-state index in [1.807, 2.05) is 76.3 Å². The van der Waals surface area contributed by atoms with Crippen LogP contribution in [0.5, 0.6) is 0 Å². The number of fused-ring (bicyclic) bond motifs is 4. The molecule has 8 aromatic rings. The van der Waals surface area contributed by atoms with E-state index in [0.29, 0.717) is 11.6 Å². The fraction of sp³-hybridized carbons (Fsp3) is 0.111. The van der Waals surface area contributed by atoms with Crippen molar-refractivity contribution in [3.05, 3.63) is 131 Å². The first kappa shape index (κ1) is 30.4. The molecule has 48 heavy (non-hydrogen) atoms. The summed E-state index contributed by atoms with van der Waals surface area (Å²) < 4.78 is 30.0. The number of rotatable bonds is 4. The van der Waals surface area contributed by atoms with E-state index >= 15 is 0 Å². The molecule has 6 heterocycles. The second-order valence-electron chi connectivity index (χ2n) is 11.2. The van der Waals surface area contributed by atoms with Crippen LogP contribution in [0.4, 0.5) is 8.78 Å². The molecule has 0 atom stereocenters. The minimum atomic E-state index is -0.263. The van der Waals surface area contributed by atoms with Crippen LogP contribution >= 0.6 is 0 Å². The van der Waals surface area contributed by atoms with E-state index in [1.165, 1.54) is 24.3 Å². The Balaban J connectivity index is 0.000000152. The molecule has 6 aromatic heterocycles. The molecule has 0 amide bonds. The Hall–Kier alpha value is -6.30. The van der Waals surface area contributed by atoms with E-state index in [4.69, 9.17) is 0 Å². The van der Waals surface area contributed by atoms with Gasteiger partial charge < -0.3 is 0 Å². The van der Waals surface area contributed by atoms with Crippen molar-refractivity contribution in [2.75, 3.05) is 0 Å². The third-order valence-electron chi connectivity index (χ3n) is 7.60. The number of hydrogen-bond acceptors (Lipinski definition) is 8. The van der Waals surface area contributed by atoms with E-state index < -0.39 is 0 Å². The third-order valence-corrected chi connectivity index (χ3v) is 7.60. The van der Waals surface area contributed by atoms with Crippen molar-refractivity contribution < 1.29 is 8.78 Å². The van der Waals surface area contributed by atoms with E-state index in [0.717, 1.165) is 67.3 Å². The molecule has 0 fully saturated rings. The molecule has 0 aliphatic heterocycles. The summed E-state index contributed by atoms with van der Waals surface area (Å²) in [4.78, 5) is 26.5. The van der Waals surface area contributed by atoms with Gasteiger partial charge in [-0.3, -0.25) is 9.97 Å².